The molecule has 0 saturated carbocycles. The monoisotopic (exact) mass is 248 g/mol. The Balaban J connectivity index is 2.68. The van der Waals surface area contributed by atoms with E-state index in [0.717, 1.165) is 12.3 Å². The van der Waals surface area contributed by atoms with Crippen LogP contribution in [0.2, 0.25) is 0 Å². The second-order valence-electron chi connectivity index (χ2n) is 6.13. The Morgan fingerprint density at radius 2 is 1.72 bits per heavy atom. The van der Waals surface area contributed by atoms with Gasteiger partial charge in [-0.1, -0.05) is 70.9 Å². The standard InChI is InChI=1S/C16H28N2/c1-13(2)9-8-12-15(18-17)16(3,4)14-10-6-5-7-11-14/h5-7,10-11,13,15,18H,8-9,12,17H2,1-4H3. The van der Waals surface area contributed by atoms with Crippen LogP contribution in [-0.4, -0.2) is 6.04 Å². The Labute approximate surface area is 112 Å². The molecule has 1 unspecified atom stereocenters. The van der Waals surface area contributed by atoms with Crippen molar-refractivity contribution >= 4 is 0 Å². The van der Waals surface area contributed by atoms with E-state index in [2.05, 4.69) is 63.5 Å². The van der Waals surface area contributed by atoms with E-state index in [1.807, 2.05) is 0 Å². The topological polar surface area (TPSA) is 38.0 Å². The summed E-state index contributed by atoms with van der Waals surface area (Å²) in [6.45, 7) is 9.07. The number of benzene rings is 1. The second-order valence-corrected chi connectivity index (χ2v) is 6.13. The van der Waals surface area contributed by atoms with Gasteiger partial charge in [0.25, 0.3) is 0 Å². The molecule has 102 valence electrons. The molecule has 0 fully saturated rings. The van der Waals surface area contributed by atoms with Crippen LogP contribution in [0.15, 0.2) is 30.3 Å². The van der Waals surface area contributed by atoms with E-state index in [0.29, 0.717) is 6.04 Å². The molecule has 3 N–H and O–H groups in total. The van der Waals surface area contributed by atoms with Gasteiger partial charge in [-0.25, -0.2) is 0 Å². The van der Waals surface area contributed by atoms with E-state index >= 15 is 0 Å². The summed E-state index contributed by atoms with van der Waals surface area (Å²) >= 11 is 0. The number of hydrogen-bond donors (Lipinski definition) is 2. The van der Waals surface area contributed by atoms with Gasteiger partial charge in [0.2, 0.25) is 0 Å². The quantitative estimate of drug-likeness (QED) is 0.571. The predicted octanol–water partition coefficient (Wildman–Crippen LogP) is 3.62. The first-order valence-electron chi connectivity index (χ1n) is 7.00. The van der Waals surface area contributed by atoms with Crippen molar-refractivity contribution in [3.8, 4) is 0 Å². The largest absolute Gasteiger partial charge is 0.271 e. The maximum Gasteiger partial charge on any atom is 0.0302 e. The Hall–Kier alpha value is -0.860. The molecule has 1 rings (SSSR count). The number of hydrazine groups is 1. The van der Waals surface area contributed by atoms with Gasteiger partial charge in [-0.2, -0.15) is 0 Å². The van der Waals surface area contributed by atoms with Gasteiger partial charge in [-0.05, 0) is 17.9 Å². The molecule has 0 radical (unpaired) electrons. The molecule has 0 heterocycles. The van der Waals surface area contributed by atoms with E-state index in [9.17, 15) is 0 Å². The summed E-state index contributed by atoms with van der Waals surface area (Å²) in [4.78, 5) is 0. The third-order valence-electron chi connectivity index (χ3n) is 3.86. The minimum absolute atomic E-state index is 0.0625. The second kappa shape index (κ2) is 6.91. The summed E-state index contributed by atoms with van der Waals surface area (Å²) in [5, 5.41) is 0. The van der Waals surface area contributed by atoms with Crippen molar-refractivity contribution in [1.82, 2.24) is 5.43 Å². The number of nitrogens with two attached hydrogens (primary N) is 1. The van der Waals surface area contributed by atoms with Crippen LogP contribution in [0.5, 0.6) is 0 Å². The van der Waals surface area contributed by atoms with E-state index in [-0.39, 0.29) is 5.41 Å². The van der Waals surface area contributed by atoms with Crippen LogP contribution in [-0.2, 0) is 5.41 Å². The van der Waals surface area contributed by atoms with E-state index in [1.54, 1.807) is 0 Å². The van der Waals surface area contributed by atoms with Gasteiger partial charge in [0.1, 0.15) is 0 Å². The highest BCUT2D eigenvalue weighted by atomic mass is 15.2. The molecule has 1 atom stereocenters. The summed E-state index contributed by atoms with van der Waals surface area (Å²) in [5.74, 6) is 6.53. The average molecular weight is 248 g/mol. The first kappa shape index (κ1) is 15.2. The average Bonchev–Trinajstić information content (AvgIpc) is 2.35. The van der Waals surface area contributed by atoms with Gasteiger partial charge >= 0.3 is 0 Å². The molecule has 0 bridgehead atoms. The molecular weight excluding hydrogens is 220 g/mol. The number of nitrogens with one attached hydrogen (secondary N) is 1. The van der Waals surface area contributed by atoms with Crippen molar-refractivity contribution in [3.05, 3.63) is 35.9 Å². The Morgan fingerprint density at radius 3 is 2.22 bits per heavy atom. The predicted molar refractivity (Wildman–Crippen MR) is 79.3 cm³/mol. The van der Waals surface area contributed by atoms with Crippen molar-refractivity contribution in [3.63, 3.8) is 0 Å². The highest BCUT2D eigenvalue weighted by Gasteiger charge is 2.29. The van der Waals surface area contributed by atoms with Gasteiger partial charge in [0, 0.05) is 11.5 Å². The van der Waals surface area contributed by atoms with Crippen LogP contribution in [0.3, 0.4) is 0 Å². The molecule has 2 heteroatoms. The van der Waals surface area contributed by atoms with Crippen LogP contribution in [0.1, 0.15) is 52.5 Å². The lowest BCUT2D eigenvalue weighted by Crippen LogP contribution is -2.48. The minimum Gasteiger partial charge on any atom is -0.271 e. The van der Waals surface area contributed by atoms with Gasteiger partial charge in [-0.3, -0.25) is 11.3 Å². The zero-order valence-electron chi connectivity index (χ0n) is 12.2. The molecule has 0 spiro atoms. The highest BCUT2D eigenvalue weighted by molar-refractivity contribution is 5.25. The summed E-state index contributed by atoms with van der Waals surface area (Å²) < 4.78 is 0. The smallest absolute Gasteiger partial charge is 0.0302 e. The van der Waals surface area contributed by atoms with Gasteiger partial charge in [0.15, 0.2) is 0 Å². The van der Waals surface area contributed by atoms with Crippen molar-refractivity contribution in [2.75, 3.05) is 0 Å². The van der Waals surface area contributed by atoms with Gasteiger partial charge in [0.05, 0.1) is 0 Å². The van der Waals surface area contributed by atoms with Crippen molar-refractivity contribution in [2.24, 2.45) is 11.8 Å². The Bertz CT molecular complexity index is 330. The van der Waals surface area contributed by atoms with Gasteiger partial charge in [-0.15, -0.1) is 0 Å². The zero-order valence-corrected chi connectivity index (χ0v) is 12.2. The fourth-order valence-corrected chi connectivity index (χ4v) is 2.45. The zero-order chi connectivity index (χ0) is 13.6. The fourth-order valence-electron chi connectivity index (χ4n) is 2.45. The molecule has 18 heavy (non-hydrogen) atoms. The molecule has 0 aliphatic rings. The maximum atomic E-state index is 5.76. The van der Waals surface area contributed by atoms with Gasteiger partial charge < -0.3 is 0 Å². The SMILES string of the molecule is CC(C)CCCC(NN)C(C)(C)c1ccccc1. The summed E-state index contributed by atoms with van der Waals surface area (Å²) in [6.07, 6.45) is 3.61. The van der Waals surface area contributed by atoms with Crippen molar-refractivity contribution in [2.45, 2.75) is 58.4 Å². The van der Waals surface area contributed by atoms with Crippen LogP contribution in [0.25, 0.3) is 0 Å². The lowest BCUT2D eigenvalue weighted by molar-refractivity contribution is 0.312. The molecule has 1 aromatic carbocycles. The highest BCUT2D eigenvalue weighted by Crippen LogP contribution is 2.29. The normalized spacial score (nSPS) is 13.9. The molecule has 0 amide bonds. The lowest BCUT2D eigenvalue weighted by Gasteiger charge is -2.34. The summed E-state index contributed by atoms with van der Waals surface area (Å²) in [7, 11) is 0. The third kappa shape index (κ3) is 4.11. The lowest BCUT2D eigenvalue weighted by atomic mass is 9.76. The molecule has 0 aromatic heterocycles. The first-order valence-corrected chi connectivity index (χ1v) is 7.00. The Morgan fingerprint density at radius 1 is 1.11 bits per heavy atom. The molecule has 0 saturated heterocycles. The molecule has 0 aliphatic heterocycles. The van der Waals surface area contributed by atoms with Crippen LogP contribution in [0, 0.1) is 5.92 Å². The molecule has 2 nitrogen and oxygen atoms in total. The molecular formula is C16H28N2. The van der Waals surface area contributed by atoms with E-state index < -0.39 is 0 Å². The van der Waals surface area contributed by atoms with Crippen LogP contribution in [0.4, 0.5) is 0 Å². The van der Waals surface area contributed by atoms with Crippen LogP contribution >= 0.6 is 0 Å². The summed E-state index contributed by atoms with van der Waals surface area (Å²) in [5.41, 5.74) is 4.42. The molecule has 1 aromatic rings. The maximum absolute atomic E-state index is 5.76. The summed E-state index contributed by atoms with van der Waals surface area (Å²) in [6, 6.07) is 10.9. The number of rotatable bonds is 7. The van der Waals surface area contributed by atoms with E-state index in [1.165, 1.54) is 18.4 Å². The van der Waals surface area contributed by atoms with Crippen molar-refractivity contribution in [1.29, 1.82) is 0 Å². The fraction of sp³-hybridized carbons (Fsp3) is 0.625. The van der Waals surface area contributed by atoms with Crippen molar-refractivity contribution < 1.29 is 0 Å². The minimum atomic E-state index is 0.0625. The van der Waals surface area contributed by atoms with E-state index in [4.69, 9.17) is 5.84 Å². The third-order valence-corrected chi connectivity index (χ3v) is 3.86. The van der Waals surface area contributed by atoms with Crippen LogP contribution < -0.4 is 11.3 Å². The molecule has 0 aliphatic carbocycles. The first-order chi connectivity index (χ1) is 8.48. The number of hydrogen-bond acceptors (Lipinski definition) is 2. The Kier molecular flexibility index (Phi) is 5.83.